The summed E-state index contributed by atoms with van der Waals surface area (Å²) < 4.78 is 22.8. The summed E-state index contributed by atoms with van der Waals surface area (Å²) in [7, 11) is 0. The van der Waals surface area contributed by atoms with E-state index in [0.29, 0.717) is 38.3 Å². The molecule has 2 saturated heterocycles. The number of rotatable bonds is 11. The number of hydrogen-bond donors (Lipinski definition) is 0. The topological polar surface area (TPSA) is 36.9 Å². The van der Waals surface area contributed by atoms with Gasteiger partial charge in [-0.05, 0) is 35.1 Å². The fraction of sp³-hybridized carbons (Fsp3) is 0.538. The minimum atomic E-state index is 0.283. The average Bonchev–Trinajstić information content (AvgIpc) is 2.74. The molecule has 0 N–H and O–H groups in total. The van der Waals surface area contributed by atoms with E-state index in [9.17, 15) is 0 Å². The van der Waals surface area contributed by atoms with Crippen LogP contribution in [0.3, 0.4) is 0 Å². The van der Waals surface area contributed by atoms with Crippen LogP contribution in [0.15, 0.2) is 48.5 Å². The molecule has 0 bridgehead atoms. The van der Waals surface area contributed by atoms with Gasteiger partial charge in [-0.3, -0.25) is 0 Å². The van der Waals surface area contributed by atoms with Crippen LogP contribution >= 0.6 is 0 Å². The first-order valence-corrected chi connectivity index (χ1v) is 11.3. The SMILES string of the molecule is CCC1COC1COCc1ccc(-c2ccc(COCC3OCC3CC)cc2)cc1. The highest BCUT2D eigenvalue weighted by molar-refractivity contribution is 5.63. The largest absolute Gasteiger partial charge is 0.375 e. The molecule has 2 heterocycles. The number of ether oxygens (including phenoxy) is 4. The Morgan fingerprint density at radius 3 is 1.37 bits per heavy atom. The van der Waals surface area contributed by atoms with E-state index >= 15 is 0 Å². The smallest absolute Gasteiger partial charge is 0.0858 e. The third-order valence-corrected chi connectivity index (χ3v) is 6.49. The highest BCUT2D eigenvalue weighted by Gasteiger charge is 2.31. The van der Waals surface area contributed by atoms with Crippen LogP contribution in [-0.2, 0) is 32.2 Å². The second-order valence-corrected chi connectivity index (χ2v) is 8.50. The molecule has 0 radical (unpaired) electrons. The Bertz CT molecular complexity index is 699. The van der Waals surface area contributed by atoms with E-state index in [0.717, 1.165) is 13.2 Å². The van der Waals surface area contributed by atoms with Gasteiger partial charge in [0.25, 0.3) is 0 Å². The standard InChI is InChI=1S/C26H34O4/c1-3-21-15-29-25(21)17-27-13-19-5-9-23(10-6-19)24-11-7-20(8-12-24)14-28-18-26-22(4-2)16-30-26/h5-12,21-22,25-26H,3-4,13-18H2,1-2H3. The van der Waals surface area contributed by atoms with E-state index in [4.69, 9.17) is 18.9 Å². The Balaban J connectivity index is 1.21. The molecular formula is C26H34O4. The highest BCUT2D eigenvalue weighted by atomic mass is 16.6. The van der Waals surface area contributed by atoms with Crippen LogP contribution < -0.4 is 0 Å². The Morgan fingerprint density at radius 1 is 0.667 bits per heavy atom. The lowest BCUT2D eigenvalue weighted by Crippen LogP contribution is -2.42. The van der Waals surface area contributed by atoms with Crippen LogP contribution in [-0.4, -0.2) is 38.6 Å². The molecule has 0 aromatic heterocycles. The molecule has 4 atom stereocenters. The van der Waals surface area contributed by atoms with Crippen molar-refractivity contribution in [1.82, 2.24) is 0 Å². The summed E-state index contributed by atoms with van der Waals surface area (Å²) in [5.74, 6) is 1.33. The monoisotopic (exact) mass is 410 g/mol. The van der Waals surface area contributed by atoms with Crippen molar-refractivity contribution in [3.8, 4) is 11.1 Å². The van der Waals surface area contributed by atoms with Crippen LogP contribution in [0.5, 0.6) is 0 Å². The Hall–Kier alpha value is -1.72. The minimum absolute atomic E-state index is 0.283. The van der Waals surface area contributed by atoms with Crippen molar-refractivity contribution in [1.29, 1.82) is 0 Å². The van der Waals surface area contributed by atoms with Gasteiger partial charge in [-0.15, -0.1) is 0 Å². The molecule has 0 aliphatic carbocycles. The molecule has 2 aromatic carbocycles. The van der Waals surface area contributed by atoms with Gasteiger partial charge in [0.2, 0.25) is 0 Å². The van der Waals surface area contributed by atoms with Gasteiger partial charge in [-0.25, -0.2) is 0 Å². The molecule has 2 aliphatic heterocycles. The van der Waals surface area contributed by atoms with Crippen molar-refractivity contribution < 1.29 is 18.9 Å². The lowest BCUT2D eigenvalue weighted by Gasteiger charge is -2.35. The maximum atomic E-state index is 5.85. The van der Waals surface area contributed by atoms with Gasteiger partial charge in [0, 0.05) is 11.8 Å². The third kappa shape index (κ3) is 5.30. The van der Waals surface area contributed by atoms with Gasteiger partial charge in [-0.2, -0.15) is 0 Å². The quantitative estimate of drug-likeness (QED) is 0.508. The normalized spacial score (nSPS) is 25.5. The molecule has 2 aromatic rings. The Labute approximate surface area is 180 Å². The van der Waals surface area contributed by atoms with E-state index in [1.165, 1.54) is 35.1 Å². The maximum absolute atomic E-state index is 5.85. The Morgan fingerprint density at radius 2 is 1.07 bits per heavy atom. The lowest BCUT2D eigenvalue weighted by atomic mass is 9.96. The first-order valence-electron chi connectivity index (χ1n) is 11.3. The zero-order chi connectivity index (χ0) is 20.8. The molecule has 4 rings (SSSR count). The van der Waals surface area contributed by atoms with Crippen LogP contribution in [0.25, 0.3) is 11.1 Å². The summed E-state index contributed by atoms with van der Waals surface area (Å²) in [4.78, 5) is 0. The molecule has 0 spiro atoms. The van der Waals surface area contributed by atoms with E-state index in [1.54, 1.807) is 0 Å². The van der Waals surface area contributed by atoms with E-state index in [2.05, 4.69) is 62.4 Å². The van der Waals surface area contributed by atoms with Gasteiger partial charge in [-0.1, -0.05) is 62.4 Å². The van der Waals surface area contributed by atoms with E-state index in [-0.39, 0.29) is 12.2 Å². The fourth-order valence-electron chi connectivity index (χ4n) is 4.04. The van der Waals surface area contributed by atoms with Gasteiger partial charge >= 0.3 is 0 Å². The highest BCUT2D eigenvalue weighted by Crippen LogP contribution is 2.25. The summed E-state index contributed by atoms with van der Waals surface area (Å²) in [6.07, 6.45) is 2.90. The number of benzene rings is 2. The van der Waals surface area contributed by atoms with Crippen molar-refractivity contribution in [2.45, 2.75) is 52.1 Å². The molecule has 2 fully saturated rings. The molecule has 0 amide bonds. The van der Waals surface area contributed by atoms with Crippen LogP contribution in [0.1, 0.15) is 37.8 Å². The van der Waals surface area contributed by atoms with Crippen molar-refractivity contribution in [3.63, 3.8) is 0 Å². The summed E-state index contributed by atoms with van der Waals surface area (Å²) in [5, 5.41) is 0. The van der Waals surface area contributed by atoms with Crippen LogP contribution in [0.2, 0.25) is 0 Å². The van der Waals surface area contributed by atoms with Gasteiger partial charge in [0.05, 0.1) is 51.8 Å². The molecule has 162 valence electrons. The average molecular weight is 411 g/mol. The number of hydrogen-bond acceptors (Lipinski definition) is 4. The van der Waals surface area contributed by atoms with Crippen molar-refractivity contribution in [2.75, 3.05) is 26.4 Å². The Kier molecular flexibility index (Phi) is 7.56. The zero-order valence-electron chi connectivity index (χ0n) is 18.2. The molecule has 30 heavy (non-hydrogen) atoms. The summed E-state index contributed by atoms with van der Waals surface area (Å²) >= 11 is 0. The fourth-order valence-corrected chi connectivity index (χ4v) is 4.04. The second kappa shape index (κ2) is 10.5. The van der Waals surface area contributed by atoms with E-state index in [1.807, 2.05) is 0 Å². The van der Waals surface area contributed by atoms with Crippen molar-refractivity contribution in [2.24, 2.45) is 11.8 Å². The van der Waals surface area contributed by atoms with Gasteiger partial charge in [0.15, 0.2) is 0 Å². The van der Waals surface area contributed by atoms with Crippen LogP contribution in [0, 0.1) is 11.8 Å². The molecule has 4 nitrogen and oxygen atoms in total. The maximum Gasteiger partial charge on any atom is 0.0858 e. The van der Waals surface area contributed by atoms with E-state index < -0.39 is 0 Å². The summed E-state index contributed by atoms with van der Waals surface area (Å²) in [6.45, 7) is 8.85. The predicted molar refractivity (Wildman–Crippen MR) is 118 cm³/mol. The third-order valence-electron chi connectivity index (χ3n) is 6.49. The lowest BCUT2D eigenvalue weighted by molar-refractivity contribution is -0.149. The molecule has 2 aliphatic rings. The molecule has 4 unspecified atom stereocenters. The van der Waals surface area contributed by atoms with Crippen molar-refractivity contribution in [3.05, 3.63) is 59.7 Å². The first-order chi connectivity index (χ1) is 14.8. The molecule has 0 saturated carbocycles. The molecular weight excluding hydrogens is 376 g/mol. The van der Waals surface area contributed by atoms with Crippen LogP contribution in [0.4, 0.5) is 0 Å². The summed E-state index contributed by atoms with van der Waals surface area (Å²) in [6, 6.07) is 17.2. The predicted octanol–water partition coefficient (Wildman–Crippen LogP) is 5.24. The molecule has 4 heteroatoms. The minimum Gasteiger partial charge on any atom is -0.375 e. The first kappa shape index (κ1) is 21.5. The van der Waals surface area contributed by atoms with Gasteiger partial charge in [0.1, 0.15) is 0 Å². The second-order valence-electron chi connectivity index (χ2n) is 8.50. The zero-order valence-corrected chi connectivity index (χ0v) is 18.2. The summed E-state index contributed by atoms with van der Waals surface area (Å²) in [5.41, 5.74) is 4.82. The van der Waals surface area contributed by atoms with Gasteiger partial charge < -0.3 is 18.9 Å². The van der Waals surface area contributed by atoms with Crippen molar-refractivity contribution >= 4 is 0 Å².